The van der Waals surface area contributed by atoms with Crippen LogP contribution in [0.25, 0.3) is 0 Å². The fourth-order valence-corrected chi connectivity index (χ4v) is 6.32. The molecule has 3 nitrogen and oxygen atoms in total. The highest BCUT2D eigenvalue weighted by molar-refractivity contribution is 7.59. The molecule has 0 atom stereocenters. The van der Waals surface area contributed by atoms with Gasteiger partial charge in [-0.05, 0) is 32.1 Å². The molecule has 4 heteroatoms. The molecule has 16 heavy (non-hydrogen) atoms. The molecule has 0 aromatic carbocycles. The summed E-state index contributed by atoms with van der Waals surface area (Å²) in [5.74, 6) is 0. The second kappa shape index (κ2) is 5.66. The van der Waals surface area contributed by atoms with Gasteiger partial charge in [0.15, 0.2) is 0 Å². The van der Waals surface area contributed by atoms with Gasteiger partial charge in [0.2, 0.25) is 7.44 Å². The van der Waals surface area contributed by atoms with E-state index >= 15 is 0 Å². The zero-order chi connectivity index (χ0) is 11.4. The van der Waals surface area contributed by atoms with Crippen molar-refractivity contribution < 1.29 is 4.57 Å². The first-order chi connectivity index (χ1) is 7.77. The molecule has 0 aliphatic carbocycles. The molecular formula is C12H25N2OP. The Morgan fingerprint density at radius 1 is 0.938 bits per heavy atom. The summed E-state index contributed by atoms with van der Waals surface area (Å²) in [6.45, 7) is 6.46. The summed E-state index contributed by atoms with van der Waals surface area (Å²) < 4.78 is 17.9. The van der Waals surface area contributed by atoms with Gasteiger partial charge in [0.1, 0.15) is 0 Å². The van der Waals surface area contributed by atoms with Crippen molar-refractivity contribution in [2.24, 2.45) is 0 Å². The Labute approximate surface area is 99.7 Å². The van der Waals surface area contributed by atoms with E-state index in [4.69, 9.17) is 0 Å². The van der Waals surface area contributed by atoms with Crippen LogP contribution in [0.5, 0.6) is 0 Å². The summed E-state index contributed by atoms with van der Waals surface area (Å²) >= 11 is 0. The topological polar surface area (TPSA) is 23.6 Å². The summed E-state index contributed by atoms with van der Waals surface area (Å²) in [6, 6.07) is 0. The van der Waals surface area contributed by atoms with E-state index in [9.17, 15) is 4.57 Å². The monoisotopic (exact) mass is 244 g/mol. The van der Waals surface area contributed by atoms with Crippen molar-refractivity contribution in [3.05, 3.63) is 0 Å². The van der Waals surface area contributed by atoms with Crippen LogP contribution < -0.4 is 0 Å². The first-order valence-corrected chi connectivity index (χ1v) is 8.67. The summed E-state index contributed by atoms with van der Waals surface area (Å²) in [5.41, 5.74) is 0. The Bertz CT molecular complexity index is 238. The van der Waals surface area contributed by atoms with Gasteiger partial charge in [-0.3, -0.25) is 4.57 Å². The lowest BCUT2D eigenvalue weighted by Crippen LogP contribution is -2.30. The molecule has 0 saturated carbocycles. The smallest absolute Gasteiger partial charge is 0.216 e. The number of unbranched alkanes of at least 4 members (excludes halogenated alkanes) is 1. The molecule has 0 amide bonds. The van der Waals surface area contributed by atoms with Gasteiger partial charge in [-0.1, -0.05) is 13.3 Å². The quantitative estimate of drug-likeness (QED) is 0.694. The molecule has 94 valence electrons. The van der Waals surface area contributed by atoms with Gasteiger partial charge in [0, 0.05) is 32.3 Å². The van der Waals surface area contributed by atoms with Crippen molar-refractivity contribution in [1.82, 2.24) is 9.34 Å². The molecular weight excluding hydrogens is 219 g/mol. The van der Waals surface area contributed by atoms with Crippen LogP contribution in [0.4, 0.5) is 0 Å². The largest absolute Gasteiger partial charge is 0.289 e. The van der Waals surface area contributed by atoms with E-state index in [1.54, 1.807) is 0 Å². The molecule has 0 bridgehead atoms. The maximum Gasteiger partial charge on any atom is 0.216 e. The predicted octanol–water partition coefficient (Wildman–Crippen LogP) is 3.17. The van der Waals surface area contributed by atoms with Crippen molar-refractivity contribution in [2.45, 2.75) is 45.4 Å². The average molecular weight is 244 g/mol. The lowest BCUT2D eigenvalue weighted by Gasteiger charge is -2.35. The average Bonchev–Trinajstić information content (AvgIpc) is 2.96. The first-order valence-electron chi connectivity index (χ1n) is 6.87. The van der Waals surface area contributed by atoms with E-state index in [-0.39, 0.29) is 0 Å². The van der Waals surface area contributed by atoms with Gasteiger partial charge < -0.3 is 0 Å². The summed E-state index contributed by atoms with van der Waals surface area (Å²) in [5, 5.41) is 0. The van der Waals surface area contributed by atoms with Gasteiger partial charge in [-0.15, -0.1) is 0 Å². The minimum atomic E-state index is -2.16. The van der Waals surface area contributed by atoms with Crippen LogP contribution in [0, 0.1) is 0 Å². The zero-order valence-electron chi connectivity index (χ0n) is 10.5. The second-order valence-electron chi connectivity index (χ2n) is 5.06. The number of rotatable bonds is 5. The fraction of sp³-hybridized carbons (Fsp3) is 1.00. The Balaban J connectivity index is 2.06. The van der Waals surface area contributed by atoms with Gasteiger partial charge >= 0.3 is 0 Å². The highest BCUT2D eigenvalue weighted by Gasteiger charge is 2.38. The SMILES string of the molecule is CCCCP(=O)(N1CCCC1)N1CCCC1. The molecule has 0 radical (unpaired) electrons. The molecule has 0 aromatic rings. The van der Waals surface area contributed by atoms with Crippen LogP contribution >= 0.6 is 7.44 Å². The Morgan fingerprint density at radius 3 is 1.75 bits per heavy atom. The summed E-state index contributed by atoms with van der Waals surface area (Å²) in [7, 11) is -2.16. The maximum absolute atomic E-state index is 13.2. The van der Waals surface area contributed by atoms with Crippen molar-refractivity contribution >= 4 is 7.44 Å². The minimum Gasteiger partial charge on any atom is -0.289 e. The Kier molecular flexibility index (Phi) is 4.46. The first kappa shape index (κ1) is 12.6. The number of hydrogen-bond acceptors (Lipinski definition) is 1. The van der Waals surface area contributed by atoms with Crippen molar-refractivity contribution in [1.29, 1.82) is 0 Å². The minimum absolute atomic E-state index is 0.920. The highest BCUT2D eigenvalue weighted by Crippen LogP contribution is 2.56. The van der Waals surface area contributed by atoms with E-state index in [0.29, 0.717) is 0 Å². The zero-order valence-corrected chi connectivity index (χ0v) is 11.4. The molecule has 0 spiro atoms. The molecule has 0 N–H and O–H groups in total. The van der Waals surface area contributed by atoms with Crippen molar-refractivity contribution in [3.8, 4) is 0 Å². The van der Waals surface area contributed by atoms with E-state index in [1.165, 1.54) is 25.7 Å². The predicted molar refractivity (Wildman–Crippen MR) is 69.0 cm³/mol. The number of nitrogens with zero attached hydrogens (tertiary/aromatic N) is 2. The van der Waals surface area contributed by atoms with Crippen LogP contribution in [0.2, 0.25) is 0 Å². The van der Waals surface area contributed by atoms with Crippen LogP contribution in [0.1, 0.15) is 45.4 Å². The third-order valence-corrected chi connectivity index (χ3v) is 7.32. The van der Waals surface area contributed by atoms with Gasteiger partial charge in [-0.25, -0.2) is 9.34 Å². The van der Waals surface area contributed by atoms with Crippen molar-refractivity contribution in [3.63, 3.8) is 0 Å². The standard InChI is InChI=1S/C12H25N2OP/c1-2-3-12-16(15,13-8-4-5-9-13)14-10-6-7-11-14/h2-12H2,1H3. The maximum atomic E-state index is 13.2. The Hall–Kier alpha value is 0.150. The Morgan fingerprint density at radius 2 is 1.38 bits per heavy atom. The van der Waals surface area contributed by atoms with Crippen LogP contribution in [-0.4, -0.2) is 41.7 Å². The lowest BCUT2D eigenvalue weighted by atomic mass is 10.4. The van der Waals surface area contributed by atoms with E-state index < -0.39 is 7.44 Å². The normalized spacial score (nSPS) is 24.3. The molecule has 0 unspecified atom stereocenters. The summed E-state index contributed by atoms with van der Waals surface area (Å²) in [4.78, 5) is 0. The van der Waals surface area contributed by atoms with E-state index in [1.807, 2.05) is 0 Å². The van der Waals surface area contributed by atoms with Crippen LogP contribution in [-0.2, 0) is 4.57 Å². The molecule has 2 heterocycles. The molecule has 0 aromatic heterocycles. The molecule has 2 aliphatic rings. The fourth-order valence-electron chi connectivity index (χ4n) is 2.85. The molecule has 2 saturated heterocycles. The third kappa shape index (κ3) is 2.52. The third-order valence-electron chi connectivity index (χ3n) is 3.85. The van der Waals surface area contributed by atoms with Gasteiger partial charge in [0.25, 0.3) is 0 Å². The van der Waals surface area contributed by atoms with Crippen LogP contribution in [0.15, 0.2) is 0 Å². The second-order valence-corrected chi connectivity index (χ2v) is 7.97. The molecule has 2 aliphatic heterocycles. The van der Waals surface area contributed by atoms with Gasteiger partial charge in [-0.2, -0.15) is 0 Å². The molecule has 2 fully saturated rings. The number of hydrogen-bond donors (Lipinski definition) is 0. The van der Waals surface area contributed by atoms with E-state index in [2.05, 4.69) is 16.3 Å². The highest BCUT2D eigenvalue weighted by atomic mass is 31.2. The summed E-state index contributed by atoms with van der Waals surface area (Å²) in [6.07, 6.45) is 8.15. The van der Waals surface area contributed by atoms with Crippen LogP contribution in [0.3, 0.4) is 0 Å². The lowest BCUT2D eigenvalue weighted by molar-refractivity contribution is 0.391. The van der Waals surface area contributed by atoms with Gasteiger partial charge in [0.05, 0.1) is 0 Å². The molecule has 2 rings (SSSR count). The van der Waals surface area contributed by atoms with Crippen molar-refractivity contribution in [2.75, 3.05) is 32.3 Å². The van der Waals surface area contributed by atoms with E-state index in [0.717, 1.165) is 45.2 Å².